The van der Waals surface area contributed by atoms with E-state index in [0.29, 0.717) is 35.9 Å². The van der Waals surface area contributed by atoms with E-state index in [-0.39, 0.29) is 48.7 Å². The standard InChI is InChI=1S/C40H48N6O6/c1-39(2,3)51-37(49)45-21-7-9-31(45)35-41-23-29(43-35)25-11-15-27(16-12-25)33(47)19-20-34(48)28-17-13-26(14-18-28)30-24-42-36(44-30)32-10-8-22-46(32)38(50)52-40(4,5)6/h11-18,23-24,31-32H,7-10,19-22H2,1-6H3,(H,41,43)(H,42,44). The van der Waals surface area contributed by atoms with Gasteiger partial charge in [-0.3, -0.25) is 19.4 Å². The van der Waals surface area contributed by atoms with E-state index in [9.17, 15) is 19.2 Å². The SMILES string of the molecule is CC(C)(C)OC(=O)N1CCCC1c1ncc(-c2ccc(C(=O)CCC(=O)c3ccc(-c4cnc(C5CCCN5C(=O)OC(C)(C)C)[nH]4)cc3)cc2)[nH]1. The Kier molecular flexibility index (Phi) is 10.4. The molecule has 274 valence electrons. The van der Waals surface area contributed by atoms with Gasteiger partial charge in [-0.1, -0.05) is 48.5 Å². The number of nitrogens with zero attached hydrogens (tertiary/aromatic N) is 4. The third kappa shape index (κ3) is 8.60. The molecule has 0 saturated carbocycles. The van der Waals surface area contributed by atoms with E-state index in [1.807, 2.05) is 65.8 Å². The minimum absolute atomic E-state index is 0.0930. The van der Waals surface area contributed by atoms with Crippen molar-refractivity contribution >= 4 is 23.8 Å². The van der Waals surface area contributed by atoms with Gasteiger partial charge in [0.2, 0.25) is 0 Å². The summed E-state index contributed by atoms with van der Waals surface area (Å²) >= 11 is 0. The van der Waals surface area contributed by atoms with Gasteiger partial charge in [-0.2, -0.15) is 0 Å². The Morgan fingerprint density at radius 3 is 1.35 bits per heavy atom. The molecular formula is C40H48N6O6. The predicted octanol–water partition coefficient (Wildman–Crippen LogP) is 8.46. The van der Waals surface area contributed by atoms with Crippen LogP contribution in [0, 0.1) is 0 Å². The first-order chi connectivity index (χ1) is 24.6. The molecule has 4 heterocycles. The molecule has 2 saturated heterocycles. The summed E-state index contributed by atoms with van der Waals surface area (Å²) in [6.45, 7) is 12.4. The molecule has 2 aliphatic heterocycles. The van der Waals surface area contributed by atoms with Crippen LogP contribution in [0.1, 0.15) is 125 Å². The van der Waals surface area contributed by atoms with Crippen molar-refractivity contribution in [1.29, 1.82) is 0 Å². The zero-order chi connectivity index (χ0) is 37.2. The predicted molar refractivity (Wildman–Crippen MR) is 196 cm³/mol. The third-order valence-electron chi connectivity index (χ3n) is 9.20. The molecule has 6 rings (SSSR count). The van der Waals surface area contributed by atoms with Crippen LogP contribution >= 0.6 is 0 Å². The van der Waals surface area contributed by atoms with Crippen LogP contribution in [0.25, 0.3) is 22.5 Å². The number of nitrogens with one attached hydrogen (secondary N) is 2. The van der Waals surface area contributed by atoms with Crippen molar-refractivity contribution in [2.75, 3.05) is 13.1 Å². The summed E-state index contributed by atoms with van der Waals surface area (Å²) in [5.41, 5.74) is 3.21. The molecule has 0 radical (unpaired) electrons. The first-order valence-corrected chi connectivity index (χ1v) is 18.0. The van der Waals surface area contributed by atoms with Crippen LogP contribution in [0.15, 0.2) is 60.9 Å². The van der Waals surface area contributed by atoms with Gasteiger partial charge < -0.3 is 19.4 Å². The second-order valence-electron chi connectivity index (χ2n) is 15.5. The van der Waals surface area contributed by atoms with Gasteiger partial charge in [0, 0.05) is 37.1 Å². The average Bonchev–Trinajstić information content (AvgIpc) is 3.92. The highest BCUT2D eigenvalue weighted by molar-refractivity contribution is 6.02. The summed E-state index contributed by atoms with van der Waals surface area (Å²) < 4.78 is 11.2. The molecule has 2 fully saturated rings. The molecule has 2 aromatic carbocycles. The molecule has 52 heavy (non-hydrogen) atoms. The highest BCUT2D eigenvalue weighted by Gasteiger charge is 2.36. The van der Waals surface area contributed by atoms with E-state index < -0.39 is 11.2 Å². The number of hydrogen-bond acceptors (Lipinski definition) is 8. The Balaban J connectivity index is 1.01. The number of imidazole rings is 2. The second kappa shape index (κ2) is 14.8. The topological polar surface area (TPSA) is 151 Å². The van der Waals surface area contributed by atoms with Gasteiger partial charge in [0.25, 0.3) is 0 Å². The summed E-state index contributed by atoms with van der Waals surface area (Å²) in [7, 11) is 0. The van der Waals surface area contributed by atoms with Crippen molar-refractivity contribution in [1.82, 2.24) is 29.7 Å². The lowest BCUT2D eigenvalue weighted by Gasteiger charge is -2.27. The van der Waals surface area contributed by atoms with Crippen molar-refractivity contribution in [3.8, 4) is 22.5 Å². The average molecular weight is 709 g/mol. The Morgan fingerprint density at radius 2 is 1.00 bits per heavy atom. The highest BCUT2D eigenvalue weighted by atomic mass is 16.6. The van der Waals surface area contributed by atoms with Crippen molar-refractivity contribution in [2.45, 2.75) is 103 Å². The Hall–Kier alpha value is -5.26. The van der Waals surface area contributed by atoms with Crippen LogP contribution in [-0.2, 0) is 9.47 Å². The number of amides is 2. The van der Waals surface area contributed by atoms with Crippen LogP contribution < -0.4 is 0 Å². The van der Waals surface area contributed by atoms with Crippen LogP contribution in [0.3, 0.4) is 0 Å². The van der Waals surface area contributed by atoms with Crippen LogP contribution in [0.2, 0.25) is 0 Å². The number of H-pyrrole nitrogens is 2. The number of aromatic amines is 2. The van der Waals surface area contributed by atoms with Crippen molar-refractivity contribution in [2.24, 2.45) is 0 Å². The monoisotopic (exact) mass is 708 g/mol. The molecule has 12 nitrogen and oxygen atoms in total. The van der Waals surface area contributed by atoms with Gasteiger partial charge in [-0.25, -0.2) is 19.6 Å². The van der Waals surface area contributed by atoms with Crippen LogP contribution in [0.4, 0.5) is 9.59 Å². The first-order valence-electron chi connectivity index (χ1n) is 18.0. The molecule has 12 heteroatoms. The normalized spacial score (nSPS) is 17.7. The molecule has 0 spiro atoms. The number of likely N-dealkylation sites (tertiary alicyclic amines) is 2. The lowest BCUT2D eigenvalue weighted by molar-refractivity contribution is 0.0208. The fourth-order valence-corrected chi connectivity index (χ4v) is 6.67. The van der Waals surface area contributed by atoms with Crippen LogP contribution in [0.5, 0.6) is 0 Å². The Labute approximate surface area is 304 Å². The molecule has 4 aromatic rings. The summed E-state index contributed by atoms with van der Waals surface area (Å²) in [4.78, 5) is 70.8. The second-order valence-corrected chi connectivity index (χ2v) is 15.5. The number of rotatable bonds is 9. The minimum Gasteiger partial charge on any atom is -0.444 e. The summed E-state index contributed by atoms with van der Waals surface area (Å²) in [6, 6.07) is 14.1. The molecule has 2 atom stereocenters. The Morgan fingerprint density at radius 1 is 0.635 bits per heavy atom. The molecule has 0 bridgehead atoms. The number of ether oxygens (including phenoxy) is 2. The van der Waals surface area contributed by atoms with E-state index in [1.165, 1.54) is 0 Å². The maximum absolute atomic E-state index is 13.0. The fourth-order valence-electron chi connectivity index (χ4n) is 6.67. The van der Waals surface area contributed by atoms with Crippen LogP contribution in [-0.4, -0.2) is 77.8 Å². The quantitative estimate of drug-likeness (QED) is 0.164. The number of hydrogen-bond donors (Lipinski definition) is 2. The number of Topliss-reactive ketones (excluding diaryl/α,β-unsaturated/α-hetero) is 2. The van der Waals surface area contributed by atoms with E-state index in [1.54, 1.807) is 46.5 Å². The maximum atomic E-state index is 13.0. The molecule has 0 aliphatic carbocycles. The highest BCUT2D eigenvalue weighted by Crippen LogP contribution is 2.34. The van der Waals surface area contributed by atoms with Crippen molar-refractivity contribution in [3.05, 3.63) is 83.7 Å². The number of ketones is 2. The largest absolute Gasteiger partial charge is 0.444 e. The molecule has 2 unspecified atom stereocenters. The van der Waals surface area contributed by atoms with E-state index in [4.69, 9.17) is 9.47 Å². The zero-order valence-electron chi connectivity index (χ0n) is 30.8. The van der Waals surface area contributed by atoms with E-state index >= 15 is 0 Å². The zero-order valence-corrected chi connectivity index (χ0v) is 30.8. The summed E-state index contributed by atoms with van der Waals surface area (Å²) in [6.07, 6.45) is 6.31. The van der Waals surface area contributed by atoms with E-state index in [0.717, 1.165) is 48.2 Å². The molecule has 2 aromatic heterocycles. The molecule has 2 aliphatic rings. The number of aromatic nitrogens is 4. The van der Waals surface area contributed by atoms with Gasteiger partial charge in [0.05, 0.1) is 35.9 Å². The van der Waals surface area contributed by atoms with Gasteiger partial charge >= 0.3 is 12.2 Å². The third-order valence-corrected chi connectivity index (χ3v) is 9.20. The number of benzene rings is 2. The van der Waals surface area contributed by atoms with Gasteiger partial charge in [-0.05, 0) is 78.4 Å². The Bertz CT molecular complexity index is 1770. The minimum atomic E-state index is -0.574. The first kappa shape index (κ1) is 36.5. The molecule has 2 amide bonds. The lowest BCUT2D eigenvalue weighted by atomic mass is 9.99. The molecular weight excluding hydrogens is 660 g/mol. The lowest BCUT2D eigenvalue weighted by Crippen LogP contribution is -2.36. The smallest absolute Gasteiger partial charge is 0.410 e. The van der Waals surface area contributed by atoms with E-state index in [2.05, 4.69) is 19.9 Å². The maximum Gasteiger partial charge on any atom is 0.410 e. The van der Waals surface area contributed by atoms with Gasteiger partial charge in [-0.15, -0.1) is 0 Å². The summed E-state index contributed by atoms with van der Waals surface area (Å²) in [5.74, 6) is 1.18. The van der Waals surface area contributed by atoms with Gasteiger partial charge in [0.15, 0.2) is 11.6 Å². The number of carbonyl (C=O) groups is 4. The van der Waals surface area contributed by atoms with Crippen molar-refractivity contribution in [3.63, 3.8) is 0 Å². The summed E-state index contributed by atoms with van der Waals surface area (Å²) in [5, 5.41) is 0. The fraction of sp³-hybridized carbons (Fsp3) is 0.450. The van der Waals surface area contributed by atoms with Crippen molar-refractivity contribution < 1.29 is 28.7 Å². The molecule has 2 N–H and O–H groups in total. The number of carbonyl (C=O) groups excluding carboxylic acids is 4. The van der Waals surface area contributed by atoms with Gasteiger partial charge in [0.1, 0.15) is 22.9 Å².